The third-order valence-corrected chi connectivity index (χ3v) is 3.35. The van der Waals surface area contributed by atoms with Crippen molar-refractivity contribution in [3.8, 4) is 0 Å². The zero-order chi connectivity index (χ0) is 14.1. The molecule has 0 aliphatic rings. The molecule has 0 saturated carbocycles. The molecule has 0 heterocycles. The van der Waals surface area contributed by atoms with Crippen LogP contribution in [0.5, 0.6) is 0 Å². The zero-order valence-corrected chi connectivity index (χ0v) is 12.1. The Morgan fingerprint density at radius 2 is 2.00 bits per heavy atom. The van der Waals surface area contributed by atoms with Crippen LogP contribution in [-0.2, 0) is 9.78 Å². The molecule has 1 unspecified atom stereocenters. The van der Waals surface area contributed by atoms with Gasteiger partial charge >= 0.3 is 5.97 Å². The Bertz CT molecular complexity index is 387. The fourth-order valence-corrected chi connectivity index (χ4v) is 1.93. The Hall–Kier alpha value is -1.35. The largest absolute Gasteiger partial charge is 0.373 e. The van der Waals surface area contributed by atoms with E-state index in [0.717, 1.165) is 18.4 Å². The molecule has 1 atom stereocenters. The van der Waals surface area contributed by atoms with E-state index < -0.39 is 5.97 Å². The topological polar surface area (TPSA) is 35.5 Å². The second kappa shape index (κ2) is 8.70. The normalized spacial score (nSPS) is 12.2. The van der Waals surface area contributed by atoms with Gasteiger partial charge in [0.1, 0.15) is 0 Å². The minimum atomic E-state index is -0.413. The van der Waals surface area contributed by atoms with Crippen LogP contribution < -0.4 is 0 Å². The summed E-state index contributed by atoms with van der Waals surface area (Å²) in [6.45, 7) is 6.67. The van der Waals surface area contributed by atoms with Gasteiger partial charge in [0.05, 0.1) is 12.2 Å². The Labute approximate surface area is 115 Å². The quantitative estimate of drug-likeness (QED) is 0.518. The third-order valence-electron chi connectivity index (χ3n) is 3.35. The van der Waals surface area contributed by atoms with Crippen LogP contribution >= 0.6 is 0 Å². The van der Waals surface area contributed by atoms with Crippen LogP contribution in [0.25, 0.3) is 0 Å². The molecule has 0 aliphatic carbocycles. The van der Waals surface area contributed by atoms with Crippen LogP contribution in [-0.4, -0.2) is 12.6 Å². The summed E-state index contributed by atoms with van der Waals surface area (Å²) in [5, 5.41) is 0. The van der Waals surface area contributed by atoms with Crippen molar-refractivity contribution in [3.05, 3.63) is 35.4 Å². The molecule has 0 saturated heterocycles. The van der Waals surface area contributed by atoms with Gasteiger partial charge in [0.25, 0.3) is 0 Å². The molecule has 0 bridgehead atoms. The van der Waals surface area contributed by atoms with Crippen molar-refractivity contribution in [2.45, 2.75) is 46.5 Å². The molecule has 0 spiro atoms. The summed E-state index contributed by atoms with van der Waals surface area (Å²) in [6, 6.07) is 7.34. The van der Waals surface area contributed by atoms with E-state index in [1.54, 1.807) is 6.07 Å². The van der Waals surface area contributed by atoms with Crippen molar-refractivity contribution in [3.63, 3.8) is 0 Å². The Balaban J connectivity index is 2.36. The van der Waals surface area contributed by atoms with E-state index in [1.165, 1.54) is 12.8 Å². The molecule has 1 rings (SSSR count). The maximum atomic E-state index is 11.8. The van der Waals surface area contributed by atoms with Crippen molar-refractivity contribution in [2.75, 3.05) is 6.61 Å². The Kier molecular flexibility index (Phi) is 7.19. The van der Waals surface area contributed by atoms with Gasteiger partial charge in [0, 0.05) is 0 Å². The fraction of sp³-hybridized carbons (Fsp3) is 0.562. The van der Waals surface area contributed by atoms with E-state index in [-0.39, 0.29) is 0 Å². The summed E-state index contributed by atoms with van der Waals surface area (Å²) in [7, 11) is 0. The van der Waals surface area contributed by atoms with E-state index in [1.807, 2.05) is 25.1 Å². The molecular weight excluding hydrogens is 240 g/mol. The molecule has 0 amide bonds. The summed E-state index contributed by atoms with van der Waals surface area (Å²) >= 11 is 0. The number of carbonyl (C=O) groups excluding carboxylic acids is 1. The molecular formula is C16H24O3. The van der Waals surface area contributed by atoms with E-state index in [9.17, 15) is 4.79 Å². The van der Waals surface area contributed by atoms with Crippen molar-refractivity contribution >= 4 is 5.97 Å². The molecule has 3 nitrogen and oxygen atoms in total. The molecule has 1 aromatic carbocycles. The van der Waals surface area contributed by atoms with E-state index in [0.29, 0.717) is 18.1 Å². The summed E-state index contributed by atoms with van der Waals surface area (Å²) in [4.78, 5) is 21.8. The average molecular weight is 264 g/mol. The molecule has 1 aromatic rings. The van der Waals surface area contributed by atoms with Crippen molar-refractivity contribution in [2.24, 2.45) is 5.92 Å². The first-order valence-electron chi connectivity index (χ1n) is 7.08. The SMILES string of the molecule is CCCCC(CC)COOC(=O)c1ccccc1C. The van der Waals surface area contributed by atoms with Crippen LogP contribution in [0.3, 0.4) is 0 Å². The lowest BCUT2D eigenvalue weighted by atomic mass is 10.0. The molecule has 0 fully saturated rings. The van der Waals surface area contributed by atoms with Gasteiger partial charge < -0.3 is 0 Å². The highest BCUT2D eigenvalue weighted by atomic mass is 17.2. The third kappa shape index (κ3) is 5.43. The second-order valence-corrected chi connectivity index (χ2v) is 4.89. The Morgan fingerprint density at radius 1 is 1.26 bits per heavy atom. The monoisotopic (exact) mass is 264 g/mol. The van der Waals surface area contributed by atoms with Gasteiger partial charge in [-0.1, -0.05) is 51.3 Å². The average Bonchev–Trinajstić information content (AvgIpc) is 2.42. The molecule has 0 N–H and O–H groups in total. The predicted molar refractivity (Wildman–Crippen MR) is 75.9 cm³/mol. The molecule has 0 aliphatic heterocycles. The molecule has 19 heavy (non-hydrogen) atoms. The smallest absolute Gasteiger partial charge is 0.293 e. The summed E-state index contributed by atoms with van der Waals surface area (Å²) in [5.41, 5.74) is 1.46. The van der Waals surface area contributed by atoms with Crippen molar-refractivity contribution in [1.82, 2.24) is 0 Å². The fourth-order valence-electron chi connectivity index (χ4n) is 1.93. The Morgan fingerprint density at radius 3 is 2.63 bits per heavy atom. The minimum absolute atomic E-state index is 0.413. The predicted octanol–water partition coefficient (Wildman–Crippen LogP) is 4.30. The number of carbonyl (C=O) groups is 1. The highest BCUT2D eigenvalue weighted by molar-refractivity contribution is 5.90. The highest BCUT2D eigenvalue weighted by Crippen LogP contribution is 2.14. The molecule has 3 heteroatoms. The summed E-state index contributed by atoms with van der Waals surface area (Å²) in [5.74, 6) is 0.0491. The van der Waals surface area contributed by atoms with Gasteiger partial charge in [-0.05, 0) is 30.9 Å². The number of benzene rings is 1. The first kappa shape index (κ1) is 15.7. The van der Waals surface area contributed by atoms with Gasteiger partial charge in [0.2, 0.25) is 0 Å². The first-order chi connectivity index (χ1) is 9.19. The maximum Gasteiger partial charge on any atom is 0.373 e. The highest BCUT2D eigenvalue weighted by Gasteiger charge is 2.12. The van der Waals surface area contributed by atoms with E-state index >= 15 is 0 Å². The lowest BCUT2D eigenvalue weighted by Gasteiger charge is -2.13. The number of hydrogen-bond donors (Lipinski definition) is 0. The molecule has 106 valence electrons. The van der Waals surface area contributed by atoms with Crippen LogP contribution in [0.2, 0.25) is 0 Å². The van der Waals surface area contributed by atoms with Gasteiger partial charge in [-0.25, -0.2) is 4.79 Å². The number of aryl methyl sites for hydroxylation is 1. The van der Waals surface area contributed by atoms with Crippen LogP contribution in [0, 0.1) is 12.8 Å². The molecule has 0 radical (unpaired) electrons. The summed E-state index contributed by atoms with van der Waals surface area (Å²) < 4.78 is 0. The standard InChI is InChI=1S/C16H24O3/c1-4-6-10-14(5-2)12-18-19-16(17)15-11-8-7-9-13(15)3/h7-9,11,14H,4-6,10,12H2,1-3H3. The second-order valence-electron chi connectivity index (χ2n) is 4.89. The zero-order valence-electron chi connectivity index (χ0n) is 12.1. The molecule has 0 aromatic heterocycles. The van der Waals surface area contributed by atoms with Crippen molar-refractivity contribution < 1.29 is 14.6 Å². The van der Waals surface area contributed by atoms with Crippen molar-refractivity contribution in [1.29, 1.82) is 0 Å². The summed E-state index contributed by atoms with van der Waals surface area (Å²) in [6.07, 6.45) is 4.53. The van der Waals surface area contributed by atoms with E-state index in [4.69, 9.17) is 9.78 Å². The van der Waals surface area contributed by atoms with Crippen LogP contribution in [0.4, 0.5) is 0 Å². The number of unbranched alkanes of at least 4 members (excludes halogenated alkanes) is 1. The van der Waals surface area contributed by atoms with Gasteiger partial charge in [-0.2, -0.15) is 4.89 Å². The number of hydrogen-bond acceptors (Lipinski definition) is 3. The number of rotatable bonds is 8. The maximum absolute atomic E-state index is 11.8. The van der Waals surface area contributed by atoms with Gasteiger partial charge in [0.15, 0.2) is 0 Å². The van der Waals surface area contributed by atoms with Gasteiger partial charge in [-0.15, -0.1) is 0 Å². The van der Waals surface area contributed by atoms with E-state index in [2.05, 4.69) is 13.8 Å². The first-order valence-corrected chi connectivity index (χ1v) is 7.08. The van der Waals surface area contributed by atoms with Gasteiger partial charge in [-0.3, -0.25) is 4.89 Å². The van der Waals surface area contributed by atoms with Crippen LogP contribution in [0.15, 0.2) is 24.3 Å². The minimum Gasteiger partial charge on any atom is -0.293 e. The lowest BCUT2D eigenvalue weighted by molar-refractivity contribution is -0.249. The lowest BCUT2D eigenvalue weighted by Crippen LogP contribution is -2.13. The van der Waals surface area contributed by atoms with Crippen LogP contribution in [0.1, 0.15) is 55.5 Å².